The highest BCUT2D eigenvalue weighted by atomic mass is 32.1. The number of carbonyl (C=O) groups is 2. The van der Waals surface area contributed by atoms with Gasteiger partial charge in [0, 0.05) is 17.8 Å². The van der Waals surface area contributed by atoms with Gasteiger partial charge in [0.15, 0.2) is 5.79 Å². The third-order valence-corrected chi connectivity index (χ3v) is 7.05. The van der Waals surface area contributed by atoms with Crippen LogP contribution in [0.15, 0.2) is 24.3 Å². The Labute approximate surface area is 208 Å². The van der Waals surface area contributed by atoms with Crippen LogP contribution < -0.4 is 10.1 Å². The second-order valence-electron chi connectivity index (χ2n) is 8.92. The van der Waals surface area contributed by atoms with Gasteiger partial charge in [-0.3, -0.25) is 4.79 Å². The molecule has 3 heterocycles. The number of benzene rings is 1. The van der Waals surface area contributed by atoms with Gasteiger partial charge in [-0.25, -0.2) is 4.79 Å². The normalized spacial score (nSPS) is 18.5. The van der Waals surface area contributed by atoms with E-state index in [0.717, 1.165) is 21.8 Å². The molecule has 10 heteroatoms. The van der Waals surface area contributed by atoms with Crippen LogP contribution in [0.25, 0.3) is 0 Å². The zero-order chi connectivity index (χ0) is 25.0. The molecule has 0 spiro atoms. The first-order valence-corrected chi connectivity index (χ1v) is 12.3. The first-order valence-electron chi connectivity index (χ1n) is 11.5. The van der Waals surface area contributed by atoms with Crippen LogP contribution in [0.1, 0.15) is 41.8 Å². The molecule has 0 bridgehead atoms. The van der Waals surface area contributed by atoms with Gasteiger partial charge in [-0.2, -0.15) is 5.26 Å². The molecule has 35 heavy (non-hydrogen) atoms. The minimum atomic E-state index is -0.670. The predicted molar refractivity (Wildman–Crippen MR) is 129 cm³/mol. The van der Waals surface area contributed by atoms with Gasteiger partial charge in [0.1, 0.15) is 29.5 Å². The van der Waals surface area contributed by atoms with Crippen LogP contribution in [0, 0.1) is 11.3 Å². The third-order valence-electron chi connectivity index (χ3n) is 5.91. The smallest absolute Gasteiger partial charge is 0.410 e. The summed E-state index contributed by atoms with van der Waals surface area (Å²) in [6.07, 6.45) is 0.644. The Kier molecular flexibility index (Phi) is 7.60. The number of nitrogens with one attached hydrogen (secondary N) is 1. The van der Waals surface area contributed by atoms with Crippen molar-refractivity contribution in [1.82, 2.24) is 4.90 Å². The van der Waals surface area contributed by atoms with Crippen LogP contribution in [0.5, 0.6) is 5.75 Å². The number of ether oxygens (including phenoxy) is 4. The minimum absolute atomic E-state index is 0.119. The van der Waals surface area contributed by atoms with Gasteiger partial charge in [-0.1, -0.05) is 12.1 Å². The molecule has 4 rings (SSSR count). The van der Waals surface area contributed by atoms with Crippen molar-refractivity contribution in [3.05, 3.63) is 45.8 Å². The molecule has 1 unspecified atom stereocenters. The number of carbonyl (C=O) groups excluding carboxylic acids is 2. The minimum Gasteiger partial charge on any atom is -0.497 e. The predicted octanol–water partition coefficient (Wildman–Crippen LogP) is 3.85. The first-order chi connectivity index (χ1) is 16.8. The number of methoxy groups -OCH3 is 1. The van der Waals surface area contributed by atoms with Crippen molar-refractivity contribution in [3.8, 4) is 11.8 Å². The molecule has 1 fully saturated rings. The van der Waals surface area contributed by atoms with Gasteiger partial charge < -0.3 is 29.2 Å². The average molecular weight is 500 g/mol. The number of amides is 2. The Balaban J connectivity index is 1.33. The molecule has 0 saturated carbocycles. The van der Waals surface area contributed by atoms with Crippen molar-refractivity contribution < 1.29 is 28.5 Å². The summed E-state index contributed by atoms with van der Waals surface area (Å²) in [5.41, 5.74) is 2.36. The van der Waals surface area contributed by atoms with E-state index in [0.29, 0.717) is 43.1 Å². The van der Waals surface area contributed by atoms with Crippen LogP contribution >= 0.6 is 11.3 Å². The van der Waals surface area contributed by atoms with E-state index in [1.54, 1.807) is 12.0 Å². The van der Waals surface area contributed by atoms with Gasteiger partial charge in [0.05, 0.1) is 25.8 Å². The number of nitrogens with zero attached hydrogens (tertiary/aromatic N) is 2. The maximum absolute atomic E-state index is 12.6. The van der Waals surface area contributed by atoms with E-state index in [-0.39, 0.29) is 25.0 Å². The van der Waals surface area contributed by atoms with E-state index in [2.05, 4.69) is 11.4 Å². The largest absolute Gasteiger partial charge is 0.497 e. The number of anilines is 1. The Bertz CT molecular complexity index is 1140. The summed E-state index contributed by atoms with van der Waals surface area (Å²) in [7, 11) is 1.61. The molecule has 1 saturated heterocycles. The van der Waals surface area contributed by atoms with Gasteiger partial charge in [-0.05, 0) is 49.9 Å². The molecule has 0 aliphatic carbocycles. The fourth-order valence-electron chi connectivity index (χ4n) is 4.14. The maximum Gasteiger partial charge on any atom is 0.410 e. The molecular weight excluding hydrogens is 470 g/mol. The van der Waals surface area contributed by atoms with Crippen molar-refractivity contribution in [2.24, 2.45) is 0 Å². The first kappa shape index (κ1) is 25.0. The zero-order valence-corrected chi connectivity index (χ0v) is 20.9. The van der Waals surface area contributed by atoms with Gasteiger partial charge in [0.2, 0.25) is 5.91 Å². The van der Waals surface area contributed by atoms with E-state index in [4.69, 9.17) is 18.9 Å². The lowest BCUT2D eigenvalue weighted by molar-refractivity contribution is -0.143. The van der Waals surface area contributed by atoms with Crippen LogP contribution in [-0.4, -0.2) is 55.7 Å². The highest BCUT2D eigenvalue weighted by molar-refractivity contribution is 7.16. The SMILES string of the molecule is COc1cccc(CCC(=O)Nc2sc3c(c2C#N)CCN(C(=O)OCC2COC(C)(C)O2)C3)c1. The Morgan fingerprint density at radius 3 is 2.91 bits per heavy atom. The Morgan fingerprint density at radius 2 is 2.20 bits per heavy atom. The summed E-state index contributed by atoms with van der Waals surface area (Å²) in [4.78, 5) is 27.7. The van der Waals surface area contributed by atoms with E-state index < -0.39 is 11.9 Å². The maximum atomic E-state index is 12.6. The molecule has 186 valence electrons. The molecule has 2 amide bonds. The van der Waals surface area contributed by atoms with Crippen LogP contribution in [-0.2, 0) is 38.4 Å². The van der Waals surface area contributed by atoms with E-state index in [1.165, 1.54) is 11.3 Å². The summed E-state index contributed by atoms with van der Waals surface area (Å²) < 4.78 is 21.8. The molecule has 1 N–H and O–H groups in total. The fraction of sp³-hybridized carbons (Fsp3) is 0.480. The van der Waals surface area contributed by atoms with Crippen molar-refractivity contribution in [2.45, 2.75) is 51.5 Å². The van der Waals surface area contributed by atoms with E-state index in [1.807, 2.05) is 38.1 Å². The molecule has 2 aromatic rings. The number of hydrogen-bond acceptors (Lipinski definition) is 8. The van der Waals surface area contributed by atoms with Crippen molar-refractivity contribution >= 4 is 28.3 Å². The number of hydrogen-bond donors (Lipinski definition) is 1. The lowest BCUT2D eigenvalue weighted by Crippen LogP contribution is -2.37. The lowest BCUT2D eigenvalue weighted by atomic mass is 10.0. The highest BCUT2D eigenvalue weighted by Gasteiger charge is 2.34. The standard InChI is InChI=1S/C25H29N3O6S/c1-25(2)33-15-18(34-25)14-32-24(30)28-10-9-19-20(12-26)23(35-21(19)13-28)27-22(29)8-7-16-5-4-6-17(11-16)31-3/h4-6,11,18H,7-10,13-15H2,1-3H3,(H,27,29). The monoisotopic (exact) mass is 499 g/mol. The van der Waals surface area contributed by atoms with Gasteiger partial charge in [-0.15, -0.1) is 11.3 Å². The topological polar surface area (TPSA) is 110 Å². The third kappa shape index (κ3) is 6.11. The summed E-state index contributed by atoms with van der Waals surface area (Å²) in [5, 5.41) is 13.1. The van der Waals surface area contributed by atoms with E-state index in [9.17, 15) is 14.9 Å². The molecule has 1 aromatic carbocycles. The van der Waals surface area contributed by atoms with E-state index >= 15 is 0 Å². The van der Waals surface area contributed by atoms with Crippen molar-refractivity contribution in [3.63, 3.8) is 0 Å². The number of thiophene rings is 1. The molecule has 9 nitrogen and oxygen atoms in total. The summed E-state index contributed by atoms with van der Waals surface area (Å²) in [6.45, 7) is 4.91. The zero-order valence-electron chi connectivity index (χ0n) is 20.1. The lowest BCUT2D eigenvalue weighted by Gasteiger charge is -2.26. The quantitative estimate of drug-likeness (QED) is 0.616. The number of rotatable bonds is 7. The number of aryl methyl sites for hydroxylation is 1. The average Bonchev–Trinajstić information content (AvgIpc) is 3.38. The highest BCUT2D eigenvalue weighted by Crippen LogP contribution is 2.37. The molecule has 2 aliphatic heterocycles. The number of nitriles is 1. The second-order valence-corrected chi connectivity index (χ2v) is 10.0. The molecular formula is C25H29N3O6S. The number of fused-ring (bicyclic) bond motifs is 1. The van der Waals surface area contributed by atoms with Crippen LogP contribution in [0.2, 0.25) is 0 Å². The molecule has 2 aliphatic rings. The fourth-order valence-corrected chi connectivity index (χ4v) is 5.37. The van der Waals surface area contributed by atoms with Gasteiger partial charge in [0.25, 0.3) is 0 Å². The van der Waals surface area contributed by atoms with Crippen LogP contribution in [0.4, 0.5) is 9.80 Å². The molecule has 0 radical (unpaired) electrons. The van der Waals surface area contributed by atoms with Gasteiger partial charge >= 0.3 is 6.09 Å². The van der Waals surface area contributed by atoms with Crippen molar-refractivity contribution in [2.75, 3.05) is 32.2 Å². The summed E-state index contributed by atoms with van der Waals surface area (Å²) in [6, 6.07) is 9.82. The Morgan fingerprint density at radius 1 is 1.37 bits per heavy atom. The molecule has 1 aromatic heterocycles. The molecule has 1 atom stereocenters. The second kappa shape index (κ2) is 10.6. The Hall–Kier alpha value is -3.13. The summed E-state index contributed by atoms with van der Waals surface area (Å²) >= 11 is 1.34. The summed E-state index contributed by atoms with van der Waals surface area (Å²) in [5.74, 6) is -0.0890. The van der Waals surface area contributed by atoms with Crippen LogP contribution in [0.3, 0.4) is 0 Å². The van der Waals surface area contributed by atoms with Crippen molar-refractivity contribution in [1.29, 1.82) is 5.26 Å².